The van der Waals surface area contributed by atoms with E-state index in [4.69, 9.17) is 9.84 Å². The molecule has 0 fully saturated rings. The first-order valence-corrected chi connectivity index (χ1v) is 6.87. The molecule has 2 aromatic carbocycles. The maximum absolute atomic E-state index is 8.69. The molecule has 21 heavy (non-hydrogen) atoms. The Bertz CT molecular complexity index is 511. The number of hydrogen-bond donors (Lipinski definition) is 2. The largest absolute Gasteiger partial charge is 1.00 e. The number of rotatable bonds is 7. The van der Waals surface area contributed by atoms with Crippen LogP contribution in [-0.4, -0.2) is 18.3 Å². The molecule has 0 amide bonds. The van der Waals surface area contributed by atoms with E-state index in [2.05, 4.69) is 36.5 Å². The molecule has 0 bridgehead atoms. The van der Waals surface area contributed by atoms with Gasteiger partial charge in [0.25, 0.3) is 0 Å². The molecule has 0 aliphatic heterocycles. The van der Waals surface area contributed by atoms with Crippen molar-refractivity contribution in [3.8, 4) is 5.75 Å². The highest BCUT2D eigenvalue weighted by atomic mass is 35.5. The van der Waals surface area contributed by atoms with Crippen molar-refractivity contribution in [2.45, 2.75) is 20.0 Å². The molecule has 0 aromatic heterocycles. The molecule has 0 spiro atoms. The smallest absolute Gasteiger partial charge is 0.119 e. The highest BCUT2D eigenvalue weighted by Gasteiger charge is 1.96. The third-order valence-electron chi connectivity index (χ3n) is 3.06. The lowest BCUT2D eigenvalue weighted by atomic mass is 10.1. The first kappa shape index (κ1) is 17.5. The highest BCUT2D eigenvalue weighted by Crippen LogP contribution is 2.12. The summed E-state index contributed by atoms with van der Waals surface area (Å²) in [7, 11) is 0. The van der Waals surface area contributed by atoms with Crippen LogP contribution in [0.4, 0.5) is 0 Å². The van der Waals surface area contributed by atoms with E-state index in [1.54, 1.807) is 0 Å². The fourth-order valence-electron chi connectivity index (χ4n) is 1.92. The maximum Gasteiger partial charge on any atom is 0.119 e. The second-order valence-electron chi connectivity index (χ2n) is 4.81. The minimum atomic E-state index is 0. The van der Waals surface area contributed by atoms with Crippen LogP contribution < -0.4 is 22.5 Å². The van der Waals surface area contributed by atoms with Crippen molar-refractivity contribution >= 4 is 0 Å². The normalized spacial score (nSPS) is 10.0. The van der Waals surface area contributed by atoms with Gasteiger partial charge >= 0.3 is 0 Å². The van der Waals surface area contributed by atoms with Gasteiger partial charge in [-0.05, 0) is 30.2 Å². The minimum Gasteiger partial charge on any atom is -1.00 e. The van der Waals surface area contributed by atoms with Crippen LogP contribution in [0, 0.1) is 6.92 Å². The fourth-order valence-corrected chi connectivity index (χ4v) is 1.92. The van der Waals surface area contributed by atoms with E-state index in [0.29, 0.717) is 6.61 Å². The number of ether oxygens (including phenoxy) is 1. The second kappa shape index (κ2) is 9.40. The standard InChI is InChI=1S/C17H21NO2.ClH/c1-14-2-4-15(5-3-14)12-18-13-16-6-8-17(9-7-16)20-11-10-19;/h2-9,18-19H,10-13H2,1H3;1H/p-1. The zero-order valence-electron chi connectivity index (χ0n) is 12.2. The Kier molecular flexibility index (Phi) is 7.83. The molecule has 0 atom stereocenters. The topological polar surface area (TPSA) is 41.5 Å². The molecule has 0 saturated carbocycles. The van der Waals surface area contributed by atoms with Crippen LogP contribution in [0.15, 0.2) is 48.5 Å². The van der Waals surface area contributed by atoms with Gasteiger partial charge in [-0.25, -0.2) is 0 Å². The second-order valence-corrected chi connectivity index (χ2v) is 4.81. The maximum atomic E-state index is 8.69. The van der Waals surface area contributed by atoms with Crippen LogP contribution in [0.5, 0.6) is 5.75 Å². The van der Waals surface area contributed by atoms with Gasteiger partial charge in [0.05, 0.1) is 6.61 Å². The van der Waals surface area contributed by atoms with Gasteiger partial charge in [0, 0.05) is 13.1 Å². The van der Waals surface area contributed by atoms with Gasteiger partial charge in [0.15, 0.2) is 0 Å². The third-order valence-corrected chi connectivity index (χ3v) is 3.06. The van der Waals surface area contributed by atoms with E-state index in [9.17, 15) is 0 Å². The van der Waals surface area contributed by atoms with E-state index >= 15 is 0 Å². The first-order chi connectivity index (χ1) is 9.78. The Morgan fingerprint density at radius 1 is 0.905 bits per heavy atom. The van der Waals surface area contributed by atoms with Gasteiger partial charge in [-0.15, -0.1) is 0 Å². The average Bonchev–Trinajstić information content (AvgIpc) is 2.48. The molecule has 4 heteroatoms. The van der Waals surface area contributed by atoms with Crippen molar-refractivity contribution in [2.24, 2.45) is 0 Å². The lowest BCUT2D eigenvalue weighted by Gasteiger charge is -2.07. The molecule has 0 aliphatic carbocycles. The average molecular weight is 307 g/mol. The van der Waals surface area contributed by atoms with Crippen molar-refractivity contribution < 1.29 is 22.3 Å². The Balaban J connectivity index is 0.00000220. The molecule has 114 valence electrons. The van der Waals surface area contributed by atoms with Gasteiger partial charge in [-0.1, -0.05) is 42.0 Å². The lowest BCUT2D eigenvalue weighted by Crippen LogP contribution is -3.00. The van der Waals surface area contributed by atoms with Crippen LogP contribution in [0.1, 0.15) is 16.7 Å². The molecule has 2 N–H and O–H groups in total. The van der Waals surface area contributed by atoms with Gasteiger partial charge in [0.2, 0.25) is 0 Å². The number of aliphatic hydroxyl groups excluding tert-OH is 1. The number of aliphatic hydroxyl groups is 1. The molecular weight excluding hydrogens is 286 g/mol. The Morgan fingerprint density at radius 3 is 1.95 bits per heavy atom. The van der Waals surface area contributed by atoms with Crippen molar-refractivity contribution in [3.63, 3.8) is 0 Å². The molecule has 2 rings (SSSR count). The summed E-state index contributed by atoms with van der Waals surface area (Å²) in [5.41, 5.74) is 3.79. The molecular formula is C17H21ClNO2-. The Labute approximate surface area is 132 Å². The monoisotopic (exact) mass is 306 g/mol. The SMILES string of the molecule is Cc1ccc(CNCc2ccc(OCCO)cc2)cc1.[Cl-]. The summed E-state index contributed by atoms with van der Waals surface area (Å²) in [6, 6.07) is 16.5. The first-order valence-electron chi connectivity index (χ1n) is 6.87. The molecule has 0 aliphatic rings. The zero-order chi connectivity index (χ0) is 14.2. The van der Waals surface area contributed by atoms with Crippen molar-refractivity contribution in [3.05, 3.63) is 65.2 Å². The number of halogens is 1. The lowest BCUT2D eigenvalue weighted by molar-refractivity contribution is -0.00000536. The predicted octanol–water partition coefficient (Wildman–Crippen LogP) is -0.340. The van der Waals surface area contributed by atoms with E-state index in [0.717, 1.165) is 18.8 Å². The van der Waals surface area contributed by atoms with Crippen molar-refractivity contribution in [1.82, 2.24) is 5.32 Å². The van der Waals surface area contributed by atoms with Crippen LogP contribution in [-0.2, 0) is 13.1 Å². The number of benzene rings is 2. The molecule has 2 aromatic rings. The van der Waals surface area contributed by atoms with Crippen LogP contribution >= 0.6 is 0 Å². The van der Waals surface area contributed by atoms with Gasteiger partial charge in [-0.3, -0.25) is 0 Å². The fraction of sp³-hybridized carbons (Fsp3) is 0.294. The summed E-state index contributed by atoms with van der Waals surface area (Å²) in [6.45, 7) is 4.17. The van der Waals surface area contributed by atoms with E-state index < -0.39 is 0 Å². The minimum absolute atomic E-state index is 0. The molecule has 3 nitrogen and oxygen atoms in total. The van der Waals surface area contributed by atoms with Crippen LogP contribution in [0.25, 0.3) is 0 Å². The van der Waals surface area contributed by atoms with Crippen molar-refractivity contribution in [2.75, 3.05) is 13.2 Å². The zero-order valence-corrected chi connectivity index (χ0v) is 12.9. The van der Waals surface area contributed by atoms with E-state index in [1.165, 1.54) is 16.7 Å². The van der Waals surface area contributed by atoms with Crippen LogP contribution in [0.2, 0.25) is 0 Å². The van der Waals surface area contributed by atoms with Gasteiger partial charge in [0.1, 0.15) is 12.4 Å². The van der Waals surface area contributed by atoms with Crippen molar-refractivity contribution in [1.29, 1.82) is 0 Å². The Morgan fingerprint density at radius 2 is 1.43 bits per heavy atom. The molecule has 0 saturated heterocycles. The van der Waals surface area contributed by atoms with E-state index in [-0.39, 0.29) is 19.0 Å². The summed E-state index contributed by atoms with van der Waals surface area (Å²) < 4.78 is 5.32. The van der Waals surface area contributed by atoms with Crippen LogP contribution in [0.3, 0.4) is 0 Å². The number of hydrogen-bond acceptors (Lipinski definition) is 3. The quantitative estimate of drug-likeness (QED) is 0.735. The Hall–Kier alpha value is -1.55. The summed E-state index contributed by atoms with van der Waals surface area (Å²) >= 11 is 0. The summed E-state index contributed by atoms with van der Waals surface area (Å²) in [5, 5.41) is 12.1. The predicted molar refractivity (Wildman–Crippen MR) is 80.7 cm³/mol. The number of nitrogens with one attached hydrogen (secondary N) is 1. The molecule has 0 unspecified atom stereocenters. The summed E-state index contributed by atoms with van der Waals surface area (Å²) in [4.78, 5) is 0. The molecule has 0 radical (unpaired) electrons. The summed E-state index contributed by atoms with van der Waals surface area (Å²) in [6.07, 6.45) is 0. The third kappa shape index (κ3) is 6.17. The van der Waals surface area contributed by atoms with Gasteiger partial charge < -0.3 is 27.6 Å². The van der Waals surface area contributed by atoms with E-state index in [1.807, 2.05) is 24.3 Å². The number of aryl methyl sites for hydroxylation is 1. The summed E-state index contributed by atoms with van der Waals surface area (Å²) in [5.74, 6) is 0.793. The highest BCUT2D eigenvalue weighted by molar-refractivity contribution is 5.27. The van der Waals surface area contributed by atoms with Gasteiger partial charge in [-0.2, -0.15) is 0 Å². The molecule has 0 heterocycles.